The molecular weight excluding hydrogens is 370 g/mol. The number of halogens is 4. The normalized spacial score (nSPS) is 19.9. The summed E-state index contributed by atoms with van der Waals surface area (Å²) in [6.07, 6.45) is 1.42. The molecule has 0 spiro atoms. The van der Waals surface area contributed by atoms with E-state index in [1.807, 2.05) is 0 Å². The van der Waals surface area contributed by atoms with Gasteiger partial charge in [-0.15, -0.1) is 0 Å². The molecule has 0 bridgehead atoms. The summed E-state index contributed by atoms with van der Waals surface area (Å²) in [6, 6.07) is 6.59. The lowest BCUT2D eigenvalue weighted by molar-refractivity contribution is -0.697. The maximum absolute atomic E-state index is 12.3. The molecule has 0 radical (unpaired) electrons. The van der Waals surface area contributed by atoms with Crippen molar-refractivity contribution in [1.29, 1.82) is 0 Å². The molecule has 1 amide bonds. The maximum atomic E-state index is 12.3. The first-order valence-electron chi connectivity index (χ1n) is 6.94. The van der Waals surface area contributed by atoms with E-state index in [1.165, 1.54) is 0 Å². The summed E-state index contributed by atoms with van der Waals surface area (Å²) >= 11 is 23.8. The summed E-state index contributed by atoms with van der Waals surface area (Å²) in [5.41, 5.74) is 0.414. The van der Waals surface area contributed by atoms with Crippen LogP contribution in [0.1, 0.15) is 23.2 Å². The smallest absolute Gasteiger partial charge is 0.262 e. The number of alkyl halides is 3. The molecule has 0 aromatic heterocycles. The van der Waals surface area contributed by atoms with Gasteiger partial charge in [0.05, 0.1) is 0 Å². The zero-order valence-electron chi connectivity index (χ0n) is 11.7. The number of benzene rings is 1. The Morgan fingerprint density at radius 3 is 2.82 bits per heavy atom. The topological polar surface area (TPSA) is 54.9 Å². The lowest BCUT2D eigenvalue weighted by atomic mass is 10.2. The second kappa shape index (κ2) is 8.04. The molecule has 1 aliphatic heterocycles. The molecule has 3 N–H and O–H groups in total. The van der Waals surface area contributed by atoms with Crippen LogP contribution in [0, 0.1) is 0 Å². The van der Waals surface area contributed by atoms with Gasteiger partial charge in [-0.05, 0) is 31.0 Å². The highest BCUT2D eigenvalue weighted by molar-refractivity contribution is 6.68. The van der Waals surface area contributed by atoms with Gasteiger partial charge in [-0.1, -0.05) is 52.5 Å². The molecule has 1 fully saturated rings. The highest BCUT2D eigenvalue weighted by Crippen LogP contribution is 2.27. The lowest BCUT2D eigenvalue weighted by Gasteiger charge is -2.24. The molecule has 8 heteroatoms. The SMILES string of the molecule is O=C(N[C@@H]([NH2+]C[C@H]1CCCO1)C(Cl)(Cl)Cl)c1cccc(Cl)c1. The van der Waals surface area contributed by atoms with Gasteiger partial charge in [-0.25, -0.2) is 0 Å². The van der Waals surface area contributed by atoms with Crippen LogP contribution in [0.5, 0.6) is 0 Å². The standard InChI is InChI=1S/C14H16Cl4N2O2/c15-10-4-1-3-9(7-10)12(21)20-13(14(16,17)18)19-8-11-5-2-6-22-11/h1,3-4,7,11,13,19H,2,5-6,8H2,(H,20,21)/p+1/t11-,13-/m1/s1. The van der Waals surface area contributed by atoms with Gasteiger partial charge in [-0.3, -0.25) is 10.1 Å². The van der Waals surface area contributed by atoms with Crippen molar-refractivity contribution in [3.8, 4) is 0 Å². The van der Waals surface area contributed by atoms with Crippen LogP contribution in [0.15, 0.2) is 24.3 Å². The van der Waals surface area contributed by atoms with E-state index in [9.17, 15) is 4.79 Å². The summed E-state index contributed by atoms with van der Waals surface area (Å²) in [6.45, 7) is 1.38. The van der Waals surface area contributed by atoms with Crippen molar-refractivity contribution in [2.24, 2.45) is 0 Å². The Labute approximate surface area is 149 Å². The van der Waals surface area contributed by atoms with E-state index in [-0.39, 0.29) is 12.0 Å². The summed E-state index contributed by atoms with van der Waals surface area (Å²) < 4.78 is 3.90. The van der Waals surface area contributed by atoms with Crippen LogP contribution in [0.25, 0.3) is 0 Å². The number of rotatable bonds is 5. The van der Waals surface area contributed by atoms with E-state index in [2.05, 4.69) is 5.32 Å². The maximum Gasteiger partial charge on any atom is 0.262 e. The van der Waals surface area contributed by atoms with Gasteiger partial charge < -0.3 is 10.1 Å². The average molecular weight is 387 g/mol. The van der Waals surface area contributed by atoms with E-state index in [0.717, 1.165) is 19.4 Å². The molecular formula is C14H17Cl4N2O2+. The van der Waals surface area contributed by atoms with Crippen molar-refractivity contribution in [3.05, 3.63) is 34.9 Å². The van der Waals surface area contributed by atoms with Gasteiger partial charge in [0.25, 0.3) is 9.70 Å². The third-order valence-electron chi connectivity index (χ3n) is 3.38. The number of hydrogen-bond acceptors (Lipinski definition) is 2. The van der Waals surface area contributed by atoms with Crippen molar-refractivity contribution < 1.29 is 14.8 Å². The Morgan fingerprint density at radius 2 is 2.23 bits per heavy atom. The Hall–Kier alpha value is -0.230. The minimum atomic E-state index is -1.63. The van der Waals surface area contributed by atoms with Crippen LogP contribution in [0.4, 0.5) is 0 Å². The molecule has 2 rings (SSSR count). The molecule has 1 aromatic rings. The fraction of sp³-hybridized carbons (Fsp3) is 0.500. The van der Waals surface area contributed by atoms with Gasteiger partial charge in [0.1, 0.15) is 12.6 Å². The Morgan fingerprint density at radius 1 is 1.45 bits per heavy atom. The van der Waals surface area contributed by atoms with Crippen LogP contribution in [0.2, 0.25) is 5.02 Å². The van der Waals surface area contributed by atoms with Gasteiger partial charge in [0.15, 0.2) is 0 Å². The molecule has 0 saturated carbocycles. The van der Waals surface area contributed by atoms with Gasteiger partial charge in [0, 0.05) is 17.2 Å². The van der Waals surface area contributed by atoms with Gasteiger partial charge in [-0.2, -0.15) is 0 Å². The zero-order chi connectivity index (χ0) is 16.2. The van der Waals surface area contributed by atoms with Gasteiger partial charge >= 0.3 is 0 Å². The number of carbonyl (C=O) groups is 1. The van der Waals surface area contributed by atoms with Crippen molar-refractivity contribution in [3.63, 3.8) is 0 Å². The van der Waals surface area contributed by atoms with E-state index in [0.29, 0.717) is 17.1 Å². The first-order chi connectivity index (χ1) is 10.4. The largest absolute Gasteiger partial charge is 0.372 e. The van der Waals surface area contributed by atoms with Gasteiger partial charge in [0.2, 0.25) is 6.17 Å². The van der Waals surface area contributed by atoms with Crippen LogP contribution in [0.3, 0.4) is 0 Å². The quantitative estimate of drug-likeness (QED) is 0.603. The molecule has 2 atom stereocenters. The predicted molar refractivity (Wildman–Crippen MR) is 88.8 cm³/mol. The monoisotopic (exact) mass is 385 g/mol. The number of carbonyl (C=O) groups excluding carboxylic acids is 1. The second-order valence-electron chi connectivity index (χ2n) is 5.11. The minimum Gasteiger partial charge on any atom is -0.372 e. The Bertz CT molecular complexity index is 516. The van der Waals surface area contributed by atoms with Crippen molar-refractivity contribution in [1.82, 2.24) is 5.32 Å². The number of ether oxygens (including phenoxy) is 1. The fourth-order valence-electron chi connectivity index (χ4n) is 2.25. The summed E-state index contributed by atoms with van der Waals surface area (Å²) in [5.74, 6) is -0.345. The van der Waals surface area contributed by atoms with Crippen molar-refractivity contribution >= 4 is 52.3 Å². The van der Waals surface area contributed by atoms with E-state index in [4.69, 9.17) is 51.1 Å². The molecule has 0 aliphatic carbocycles. The molecule has 4 nitrogen and oxygen atoms in total. The number of nitrogens with two attached hydrogens (primary N) is 1. The number of amides is 1. The first kappa shape index (κ1) is 18.1. The molecule has 1 saturated heterocycles. The molecule has 1 aromatic carbocycles. The van der Waals surface area contributed by atoms with E-state index >= 15 is 0 Å². The molecule has 0 unspecified atom stereocenters. The van der Waals surface area contributed by atoms with Crippen LogP contribution in [-0.2, 0) is 4.74 Å². The first-order valence-corrected chi connectivity index (χ1v) is 8.45. The number of nitrogens with one attached hydrogen (secondary N) is 1. The average Bonchev–Trinajstić information content (AvgIpc) is 2.95. The highest BCUT2D eigenvalue weighted by atomic mass is 35.6. The lowest BCUT2D eigenvalue weighted by Crippen LogP contribution is -2.97. The molecule has 1 aliphatic rings. The summed E-state index contributed by atoms with van der Waals surface area (Å²) in [7, 11) is 0. The summed E-state index contributed by atoms with van der Waals surface area (Å²) in [4.78, 5) is 12.3. The van der Waals surface area contributed by atoms with Crippen molar-refractivity contribution in [2.75, 3.05) is 13.2 Å². The second-order valence-corrected chi connectivity index (χ2v) is 7.91. The van der Waals surface area contributed by atoms with Crippen LogP contribution < -0.4 is 10.6 Å². The highest BCUT2D eigenvalue weighted by Gasteiger charge is 2.38. The van der Waals surface area contributed by atoms with E-state index in [1.54, 1.807) is 29.6 Å². The number of hydrogen-bond donors (Lipinski definition) is 2. The predicted octanol–water partition coefficient (Wildman–Crippen LogP) is 2.51. The number of quaternary nitrogens is 1. The van der Waals surface area contributed by atoms with Crippen molar-refractivity contribution in [2.45, 2.75) is 28.9 Å². The molecule has 22 heavy (non-hydrogen) atoms. The molecule has 1 heterocycles. The zero-order valence-corrected chi connectivity index (χ0v) is 14.7. The fourth-order valence-corrected chi connectivity index (χ4v) is 2.87. The third kappa shape index (κ3) is 5.44. The minimum absolute atomic E-state index is 0.123. The Balaban J connectivity index is 1.98. The van der Waals surface area contributed by atoms with Crippen LogP contribution >= 0.6 is 46.4 Å². The van der Waals surface area contributed by atoms with Crippen LogP contribution in [-0.4, -0.2) is 35.1 Å². The third-order valence-corrected chi connectivity index (χ3v) is 4.33. The summed E-state index contributed by atoms with van der Waals surface area (Å²) in [5, 5.41) is 4.98. The Kier molecular flexibility index (Phi) is 6.62. The molecule has 122 valence electrons. The van der Waals surface area contributed by atoms with E-state index < -0.39 is 9.96 Å².